The van der Waals surface area contributed by atoms with Crippen LogP contribution < -0.4 is 10.1 Å². The molecule has 0 fully saturated rings. The summed E-state index contributed by atoms with van der Waals surface area (Å²) in [4.78, 5) is 37.8. The Morgan fingerprint density at radius 2 is 1.71 bits per heavy atom. The lowest BCUT2D eigenvalue weighted by molar-refractivity contribution is -0.130. The Hall–Kier alpha value is -2.87. The monoisotopic (exact) mass is 448 g/mol. The predicted octanol–water partition coefficient (Wildman–Crippen LogP) is 3.10. The molecular weight excluding hydrogens is 428 g/mol. The smallest absolute Gasteiger partial charge is 0.342 e. The van der Waals surface area contributed by atoms with E-state index in [2.05, 4.69) is 21.2 Å². The average molecular weight is 449 g/mol. The molecule has 0 saturated heterocycles. The van der Waals surface area contributed by atoms with E-state index in [1.165, 1.54) is 17.9 Å². The fraction of sp³-hybridized carbons (Fsp3) is 0.250. The molecule has 28 heavy (non-hydrogen) atoms. The van der Waals surface area contributed by atoms with Crippen molar-refractivity contribution in [3.63, 3.8) is 0 Å². The third-order valence-corrected chi connectivity index (χ3v) is 4.25. The number of hydrogen-bond donors (Lipinski definition) is 1. The van der Waals surface area contributed by atoms with Gasteiger partial charge >= 0.3 is 5.97 Å². The van der Waals surface area contributed by atoms with Crippen LogP contribution in [0.3, 0.4) is 0 Å². The molecule has 0 aliphatic heterocycles. The standard InChI is InChI=1S/C20H21BrN2O5/c1-13(19(25)22-15-10-8-14(21)9-11-15)28-20(26)16-6-4-5-7-17(16)27-12-18(24)23(2)3/h4-11,13H,12H2,1-3H3,(H,22,25)/t13-/m0/s1. The van der Waals surface area contributed by atoms with Gasteiger partial charge in [-0.3, -0.25) is 9.59 Å². The van der Waals surface area contributed by atoms with Crippen LogP contribution in [0.4, 0.5) is 5.69 Å². The van der Waals surface area contributed by atoms with Gasteiger partial charge in [-0.15, -0.1) is 0 Å². The highest BCUT2D eigenvalue weighted by Crippen LogP contribution is 2.20. The predicted molar refractivity (Wildman–Crippen MR) is 108 cm³/mol. The molecule has 148 valence electrons. The number of nitrogens with zero attached hydrogens (tertiary/aromatic N) is 1. The summed E-state index contributed by atoms with van der Waals surface area (Å²) in [6, 6.07) is 13.4. The van der Waals surface area contributed by atoms with Gasteiger partial charge in [-0.1, -0.05) is 28.1 Å². The van der Waals surface area contributed by atoms with Crippen LogP contribution in [0.1, 0.15) is 17.3 Å². The fourth-order valence-electron chi connectivity index (χ4n) is 2.08. The third-order valence-electron chi connectivity index (χ3n) is 3.72. The Morgan fingerprint density at radius 3 is 2.36 bits per heavy atom. The number of halogens is 1. The minimum Gasteiger partial charge on any atom is -0.483 e. The molecule has 7 nitrogen and oxygen atoms in total. The maximum Gasteiger partial charge on any atom is 0.342 e. The molecule has 0 bridgehead atoms. The van der Waals surface area contributed by atoms with Crippen molar-refractivity contribution < 1.29 is 23.9 Å². The van der Waals surface area contributed by atoms with E-state index >= 15 is 0 Å². The van der Waals surface area contributed by atoms with E-state index in [9.17, 15) is 14.4 Å². The van der Waals surface area contributed by atoms with Crippen LogP contribution in [0.15, 0.2) is 53.0 Å². The second-order valence-electron chi connectivity index (χ2n) is 6.12. The molecule has 1 atom stereocenters. The molecule has 0 aliphatic rings. The molecule has 2 aromatic rings. The highest BCUT2D eigenvalue weighted by atomic mass is 79.9. The summed E-state index contributed by atoms with van der Waals surface area (Å²) in [5.74, 6) is -1.21. The van der Waals surface area contributed by atoms with Crippen molar-refractivity contribution in [2.45, 2.75) is 13.0 Å². The highest BCUT2D eigenvalue weighted by molar-refractivity contribution is 9.10. The Kier molecular flexibility index (Phi) is 7.57. The number of amides is 2. The molecular formula is C20H21BrN2O5. The summed E-state index contributed by atoms with van der Waals surface area (Å²) in [6.07, 6.45) is -1.02. The molecule has 0 aromatic heterocycles. The van der Waals surface area contributed by atoms with Gasteiger partial charge in [-0.25, -0.2) is 4.79 Å². The first-order chi connectivity index (χ1) is 13.3. The van der Waals surface area contributed by atoms with E-state index in [0.717, 1.165) is 4.47 Å². The van der Waals surface area contributed by atoms with Gasteiger partial charge < -0.3 is 19.7 Å². The molecule has 2 aromatic carbocycles. The zero-order valence-corrected chi connectivity index (χ0v) is 17.4. The summed E-state index contributed by atoms with van der Waals surface area (Å²) in [6.45, 7) is 1.27. The van der Waals surface area contributed by atoms with Gasteiger partial charge in [-0.05, 0) is 43.3 Å². The molecule has 2 rings (SSSR count). The minimum atomic E-state index is -1.02. The van der Waals surface area contributed by atoms with E-state index in [4.69, 9.17) is 9.47 Å². The Morgan fingerprint density at radius 1 is 1.07 bits per heavy atom. The van der Waals surface area contributed by atoms with Crippen molar-refractivity contribution in [3.05, 3.63) is 58.6 Å². The zero-order chi connectivity index (χ0) is 20.7. The molecule has 0 spiro atoms. The number of nitrogens with one attached hydrogen (secondary N) is 1. The van der Waals surface area contributed by atoms with E-state index in [1.807, 2.05) is 0 Å². The summed E-state index contributed by atoms with van der Waals surface area (Å²) in [5.41, 5.74) is 0.722. The molecule has 0 aliphatic carbocycles. The van der Waals surface area contributed by atoms with E-state index in [-0.39, 0.29) is 23.8 Å². The number of hydrogen-bond acceptors (Lipinski definition) is 5. The van der Waals surface area contributed by atoms with Crippen LogP contribution in [-0.4, -0.2) is 49.5 Å². The highest BCUT2D eigenvalue weighted by Gasteiger charge is 2.22. The van der Waals surface area contributed by atoms with Gasteiger partial charge in [0.2, 0.25) is 0 Å². The number of ether oxygens (including phenoxy) is 2. The largest absolute Gasteiger partial charge is 0.483 e. The van der Waals surface area contributed by atoms with E-state index in [0.29, 0.717) is 5.69 Å². The van der Waals surface area contributed by atoms with Crippen molar-refractivity contribution in [3.8, 4) is 5.75 Å². The quantitative estimate of drug-likeness (QED) is 0.657. The second-order valence-corrected chi connectivity index (χ2v) is 7.03. The van der Waals surface area contributed by atoms with Crippen LogP contribution in [0.25, 0.3) is 0 Å². The number of anilines is 1. The number of para-hydroxylation sites is 1. The molecule has 0 unspecified atom stereocenters. The van der Waals surface area contributed by atoms with Gasteiger partial charge in [0.25, 0.3) is 11.8 Å². The third kappa shape index (κ3) is 6.09. The van der Waals surface area contributed by atoms with Crippen LogP contribution >= 0.6 is 15.9 Å². The molecule has 2 amide bonds. The number of likely N-dealkylation sites (N-methyl/N-ethyl adjacent to an activating group) is 1. The van der Waals surface area contributed by atoms with Crippen LogP contribution in [-0.2, 0) is 14.3 Å². The Balaban J connectivity index is 2.00. The Labute approximate surface area is 171 Å². The first-order valence-electron chi connectivity index (χ1n) is 8.47. The lowest BCUT2D eigenvalue weighted by atomic mass is 10.2. The molecule has 0 radical (unpaired) electrons. The Bertz CT molecular complexity index is 852. The van der Waals surface area contributed by atoms with Gasteiger partial charge in [0.15, 0.2) is 12.7 Å². The van der Waals surface area contributed by atoms with Crippen molar-refractivity contribution in [2.75, 3.05) is 26.0 Å². The molecule has 0 heterocycles. The number of carbonyl (C=O) groups excluding carboxylic acids is 3. The van der Waals surface area contributed by atoms with Crippen molar-refractivity contribution in [2.24, 2.45) is 0 Å². The topological polar surface area (TPSA) is 84.9 Å². The van der Waals surface area contributed by atoms with Gasteiger partial charge in [0, 0.05) is 24.3 Å². The van der Waals surface area contributed by atoms with Gasteiger partial charge in [-0.2, -0.15) is 0 Å². The lowest BCUT2D eigenvalue weighted by Gasteiger charge is -2.16. The average Bonchev–Trinajstić information content (AvgIpc) is 2.67. The van der Waals surface area contributed by atoms with E-state index < -0.39 is 18.0 Å². The SMILES string of the molecule is C[C@H](OC(=O)c1ccccc1OCC(=O)N(C)C)C(=O)Nc1ccc(Br)cc1. The molecule has 0 saturated carbocycles. The first-order valence-corrected chi connectivity index (χ1v) is 9.26. The first kappa shape index (κ1) is 21.4. The van der Waals surface area contributed by atoms with Crippen LogP contribution in [0.5, 0.6) is 5.75 Å². The maximum atomic E-state index is 12.5. The summed E-state index contributed by atoms with van der Waals surface area (Å²) in [7, 11) is 3.22. The van der Waals surface area contributed by atoms with E-state index in [1.54, 1.807) is 56.6 Å². The summed E-state index contributed by atoms with van der Waals surface area (Å²) in [5, 5.41) is 2.67. The molecule has 1 N–H and O–H groups in total. The van der Waals surface area contributed by atoms with Crippen molar-refractivity contribution >= 4 is 39.4 Å². The number of benzene rings is 2. The lowest BCUT2D eigenvalue weighted by Crippen LogP contribution is -2.30. The van der Waals surface area contributed by atoms with Crippen LogP contribution in [0, 0.1) is 0 Å². The number of rotatable bonds is 7. The van der Waals surface area contributed by atoms with Gasteiger partial charge in [0.05, 0.1) is 0 Å². The number of carbonyl (C=O) groups is 3. The van der Waals surface area contributed by atoms with Crippen LogP contribution in [0.2, 0.25) is 0 Å². The van der Waals surface area contributed by atoms with Crippen molar-refractivity contribution in [1.29, 1.82) is 0 Å². The zero-order valence-electron chi connectivity index (χ0n) is 15.8. The maximum absolute atomic E-state index is 12.5. The molecule has 8 heteroatoms. The second kappa shape index (κ2) is 9.89. The minimum absolute atomic E-state index is 0.136. The van der Waals surface area contributed by atoms with Gasteiger partial charge in [0.1, 0.15) is 11.3 Å². The van der Waals surface area contributed by atoms with Crippen molar-refractivity contribution in [1.82, 2.24) is 4.90 Å². The summed E-state index contributed by atoms with van der Waals surface area (Å²) >= 11 is 3.32. The summed E-state index contributed by atoms with van der Waals surface area (Å²) < 4.78 is 11.6. The number of esters is 1. The normalized spacial score (nSPS) is 11.3. The fourth-order valence-corrected chi connectivity index (χ4v) is 2.35.